The molecule has 2 aliphatic carbocycles. The van der Waals surface area contributed by atoms with Gasteiger partial charge in [0, 0.05) is 24.3 Å². The molecule has 2 fully saturated rings. The summed E-state index contributed by atoms with van der Waals surface area (Å²) in [4.78, 5) is 4.22. The molecule has 0 aromatic carbocycles. The van der Waals surface area contributed by atoms with E-state index in [1.54, 1.807) is 0 Å². The lowest BCUT2D eigenvalue weighted by Crippen LogP contribution is -2.24. The van der Waals surface area contributed by atoms with Crippen molar-refractivity contribution in [1.29, 1.82) is 0 Å². The van der Waals surface area contributed by atoms with Crippen LogP contribution in [0.25, 0.3) is 0 Å². The van der Waals surface area contributed by atoms with Gasteiger partial charge in [-0.05, 0) is 50.5 Å². The van der Waals surface area contributed by atoms with Crippen LogP contribution in [-0.4, -0.2) is 17.1 Å². The van der Waals surface area contributed by atoms with Crippen molar-refractivity contribution in [2.45, 2.75) is 64.1 Å². The van der Waals surface area contributed by atoms with Crippen molar-refractivity contribution in [3.63, 3.8) is 0 Å². The maximum absolute atomic E-state index is 6.18. The van der Waals surface area contributed by atoms with Crippen LogP contribution in [0.15, 0.2) is 18.5 Å². The molecule has 3 heteroatoms. The lowest BCUT2D eigenvalue weighted by Gasteiger charge is -2.27. The zero-order valence-corrected chi connectivity index (χ0v) is 11.8. The maximum Gasteiger partial charge on any atom is 0.142 e. The zero-order valence-electron chi connectivity index (χ0n) is 11.8. The number of hydrogen-bond acceptors (Lipinski definition) is 3. The van der Waals surface area contributed by atoms with Crippen LogP contribution in [0.5, 0.6) is 5.75 Å². The first kappa shape index (κ1) is 12.9. The molecule has 0 radical (unpaired) electrons. The Kier molecular flexibility index (Phi) is 4.02. The van der Waals surface area contributed by atoms with Crippen molar-refractivity contribution >= 4 is 0 Å². The Labute approximate surface area is 115 Å². The molecule has 0 unspecified atom stereocenters. The summed E-state index contributed by atoms with van der Waals surface area (Å²) in [7, 11) is 0. The standard InChI is InChI=1S/C16H24N2O/c1-12-2-6-15(7-3-12)19-16-11-17-9-8-13(16)10-18-14-4-5-14/h8-9,11-12,14-15,18H,2-7,10H2,1H3. The summed E-state index contributed by atoms with van der Waals surface area (Å²) in [6.45, 7) is 3.25. The highest BCUT2D eigenvalue weighted by molar-refractivity contribution is 5.30. The van der Waals surface area contributed by atoms with Crippen LogP contribution in [0, 0.1) is 5.92 Å². The highest BCUT2D eigenvalue weighted by atomic mass is 16.5. The van der Waals surface area contributed by atoms with Crippen molar-refractivity contribution in [2.75, 3.05) is 0 Å². The summed E-state index contributed by atoms with van der Waals surface area (Å²) in [5.41, 5.74) is 1.25. The van der Waals surface area contributed by atoms with Crippen LogP contribution in [-0.2, 0) is 6.54 Å². The first-order valence-corrected chi connectivity index (χ1v) is 7.64. The van der Waals surface area contributed by atoms with Gasteiger partial charge in [0.15, 0.2) is 0 Å². The van der Waals surface area contributed by atoms with Gasteiger partial charge in [-0.1, -0.05) is 6.92 Å². The number of rotatable bonds is 5. The summed E-state index contributed by atoms with van der Waals surface area (Å²) in [6.07, 6.45) is 11.7. The lowest BCUT2D eigenvalue weighted by atomic mass is 9.89. The Morgan fingerprint density at radius 2 is 2.00 bits per heavy atom. The molecule has 0 amide bonds. The molecule has 2 aliphatic rings. The molecule has 1 heterocycles. The van der Waals surface area contributed by atoms with Gasteiger partial charge in [0.25, 0.3) is 0 Å². The van der Waals surface area contributed by atoms with E-state index in [4.69, 9.17) is 4.74 Å². The van der Waals surface area contributed by atoms with Gasteiger partial charge < -0.3 is 10.1 Å². The Balaban J connectivity index is 1.59. The van der Waals surface area contributed by atoms with Gasteiger partial charge in [0.05, 0.1) is 12.3 Å². The third-order valence-electron chi connectivity index (χ3n) is 4.29. The number of nitrogens with zero attached hydrogens (tertiary/aromatic N) is 1. The summed E-state index contributed by atoms with van der Waals surface area (Å²) in [6, 6.07) is 2.81. The molecular weight excluding hydrogens is 236 g/mol. The fourth-order valence-electron chi connectivity index (χ4n) is 2.73. The van der Waals surface area contributed by atoms with E-state index < -0.39 is 0 Å². The average Bonchev–Trinajstić information content (AvgIpc) is 3.25. The van der Waals surface area contributed by atoms with Crippen LogP contribution in [0.2, 0.25) is 0 Å². The van der Waals surface area contributed by atoms with E-state index in [9.17, 15) is 0 Å². The predicted octanol–water partition coefficient (Wildman–Crippen LogP) is 3.29. The number of hydrogen-bond donors (Lipinski definition) is 1. The Morgan fingerprint density at radius 3 is 2.74 bits per heavy atom. The molecule has 1 aromatic heterocycles. The van der Waals surface area contributed by atoms with Crippen molar-refractivity contribution in [2.24, 2.45) is 5.92 Å². The molecule has 0 aliphatic heterocycles. The molecule has 0 atom stereocenters. The van der Waals surface area contributed by atoms with Crippen molar-refractivity contribution in [3.8, 4) is 5.75 Å². The van der Waals surface area contributed by atoms with Gasteiger partial charge >= 0.3 is 0 Å². The normalized spacial score (nSPS) is 27.2. The Hall–Kier alpha value is -1.09. The van der Waals surface area contributed by atoms with Crippen LogP contribution in [0.1, 0.15) is 51.0 Å². The second kappa shape index (κ2) is 5.91. The van der Waals surface area contributed by atoms with Crippen LogP contribution in [0.4, 0.5) is 0 Å². The fraction of sp³-hybridized carbons (Fsp3) is 0.688. The van der Waals surface area contributed by atoms with Crippen molar-refractivity contribution < 1.29 is 4.74 Å². The number of pyridine rings is 1. The van der Waals surface area contributed by atoms with Gasteiger partial charge in [-0.25, -0.2) is 0 Å². The van der Waals surface area contributed by atoms with Crippen LogP contribution < -0.4 is 10.1 Å². The predicted molar refractivity (Wildman–Crippen MR) is 76.1 cm³/mol. The topological polar surface area (TPSA) is 34.1 Å². The third-order valence-corrected chi connectivity index (χ3v) is 4.29. The first-order chi connectivity index (χ1) is 9.31. The van der Waals surface area contributed by atoms with Crippen molar-refractivity contribution in [3.05, 3.63) is 24.0 Å². The van der Waals surface area contributed by atoms with Crippen molar-refractivity contribution in [1.82, 2.24) is 10.3 Å². The first-order valence-electron chi connectivity index (χ1n) is 7.64. The molecule has 19 heavy (non-hydrogen) atoms. The summed E-state index contributed by atoms with van der Waals surface area (Å²) >= 11 is 0. The molecule has 0 saturated heterocycles. The molecule has 1 aromatic rings. The van der Waals surface area contributed by atoms with Crippen LogP contribution >= 0.6 is 0 Å². The minimum Gasteiger partial charge on any atom is -0.488 e. The van der Waals surface area contributed by atoms with E-state index in [1.807, 2.05) is 12.4 Å². The van der Waals surface area contributed by atoms with E-state index in [-0.39, 0.29) is 0 Å². The molecule has 104 valence electrons. The molecular formula is C16H24N2O. The van der Waals surface area contributed by atoms with Gasteiger partial charge in [0.2, 0.25) is 0 Å². The molecule has 0 spiro atoms. The highest BCUT2D eigenvalue weighted by Crippen LogP contribution is 2.28. The number of aromatic nitrogens is 1. The SMILES string of the molecule is CC1CCC(Oc2cnccc2CNC2CC2)CC1. The van der Waals surface area contributed by atoms with E-state index in [0.717, 1.165) is 24.3 Å². The average molecular weight is 260 g/mol. The third kappa shape index (κ3) is 3.69. The molecule has 1 N–H and O–H groups in total. The maximum atomic E-state index is 6.18. The van der Waals surface area contributed by atoms with E-state index in [1.165, 1.54) is 44.1 Å². The largest absolute Gasteiger partial charge is 0.488 e. The fourth-order valence-corrected chi connectivity index (χ4v) is 2.73. The lowest BCUT2D eigenvalue weighted by molar-refractivity contribution is 0.133. The summed E-state index contributed by atoms with van der Waals surface area (Å²) in [5, 5.41) is 3.55. The van der Waals surface area contributed by atoms with Crippen LogP contribution in [0.3, 0.4) is 0 Å². The smallest absolute Gasteiger partial charge is 0.142 e. The number of ether oxygens (including phenoxy) is 1. The second-order valence-corrected chi connectivity index (χ2v) is 6.14. The minimum absolute atomic E-state index is 0.389. The van der Waals surface area contributed by atoms with Gasteiger partial charge in [-0.15, -0.1) is 0 Å². The monoisotopic (exact) mass is 260 g/mol. The molecule has 3 nitrogen and oxygen atoms in total. The second-order valence-electron chi connectivity index (χ2n) is 6.14. The highest BCUT2D eigenvalue weighted by Gasteiger charge is 2.22. The molecule has 2 saturated carbocycles. The van der Waals surface area contributed by atoms with Gasteiger partial charge in [-0.2, -0.15) is 0 Å². The quantitative estimate of drug-likeness (QED) is 0.882. The molecule has 0 bridgehead atoms. The molecule has 3 rings (SSSR count). The Morgan fingerprint density at radius 1 is 1.21 bits per heavy atom. The van der Waals surface area contributed by atoms with E-state index >= 15 is 0 Å². The minimum atomic E-state index is 0.389. The van der Waals surface area contributed by atoms with E-state index in [2.05, 4.69) is 23.3 Å². The Bertz CT molecular complexity index is 409. The summed E-state index contributed by atoms with van der Waals surface area (Å²) < 4.78 is 6.18. The van der Waals surface area contributed by atoms with Gasteiger partial charge in [-0.3, -0.25) is 4.98 Å². The van der Waals surface area contributed by atoms with E-state index in [0.29, 0.717) is 6.10 Å². The van der Waals surface area contributed by atoms with Gasteiger partial charge in [0.1, 0.15) is 5.75 Å². The summed E-state index contributed by atoms with van der Waals surface area (Å²) in [5.74, 6) is 1.85. The zero-order chi connectivity index (χ0) is 13.1. The number of nitrogens with one attached hydrogen (secondary N) is 1.